The van der Waals surface area contributed by atoms with E-state index < -0.39 is 28.9 Å². The second-order valence-electron chi connectivity index (χ2n) is 10.2. The summed E-state index contributed by atoms with van der Waals surface area (Å²) in [6, 6.07) is 24.9. The van der Waals surface area contributed by atoms with E-state index in [1.54, 1.807) is 25.3 Å². The maximum atomic E-state index is 14.2. The van der Waals surface area contributed by atoms with Crippen LogP contribution in [-0.2, 0) is 29.3 Å². The normalized spacial score (nSPS) is 28.3. The molecule has 1 N–H and O–H groups in total. The number of imide groups is 1. The van der Waals surface area contributed by atoms with Crippen molar-refractivity contribution < 1.29 is 23.9 Å². The number of rotatable bonds is 4. The molecule has 0 saturated carbocycles. The predicted molar refractivity (Wildman–Crippen MR) is 138 cm³/mol. The summed E-state index contributed by atoms with van der Waals surface area (Å²) in [5, 5.41) is 4.40. The van der Waals surface area contributed by atoms with Gasteiger partial charge in [0.2, 0.25) is 17.6 Å². The monoisotopic (exact) mass is 507 g/mol. The highest BCUT2D eigenvalue weighted by molar-refractivity contribution is 6.25. The Morgan fingerprint density at radius 2 is 1.47 bits per heavy atom. The maximum Gasteiger partial charge on any atom is 0.300 e. The van der Waals surface area contributed by atoms with Gasteiger partial charge in [-0.3, -0.25) is 14.4 Å². The minimum atomic E-state index is -1.43. The Morgan fingerprint density at radius 1 is 0.895 bits per heavy atom. The SMILES string of the molecule is CC1(C(=O)N/N=C\C23c4ccccc4C(c4ccccc42)[C@@H]2C(=O)N(c4ccccc4)C(=O)[C@H]23)OCCO1. The molecule has 8 heteroatoms. The van der Waals surface area contributed by atoms with Crippen molar-refractivity contribution >= 4 is 29.6 Å². The van der Waals surface area contributed by atoms with Crippen molar-refractivity contribution in [3.63, 3.8) is 0 Å². The third kappa shape index (κ3) is 2.92. The zero-order chi connectivity index (χ0) is 26.1. The van der Waals surface area contributed by atoms with Crippen LogP contribution in [0.5, 0.6) is 0 Å². The fraction of sp³-hybridized carbons (Fsp3) is 0.267. The molecule has 2 bridgehead atoms. The number of hydrogen-bond donors (Lipinski definition) is 1. The van der Waals surface area contributed by atoms with Crippen molar-refractivity contribution in [2.45, 2.75) is 24.0 Å². The molecular weight excluding hydrogens is 482 g/mol. The van der Waals surface area contributed by atoms with Gasteiger partial charge in [0.05, 0.1) is 36.2 Å². The molecule has 2 saturated heterocycles. The van der Waals surface area contributed by atoms with Gasteiger partial charge < -0.3 is 9.47 Å². The van der Waals surface area contributed by atoms with E-state index in [0.717, 1.165) is 22.3 Å². The summed E-state index contributed by atoms with van der Waals surface area (Å²) in [4.78, 5) is 42.5. The first-order chi connectivity index (χ1) is 18.5. The fourth-order valence-corrected chi connectivity index (χ4v) is 6.82. The first-order valence-corrected chi connectivity index (χ1v) is 12.7. The molecule has 0 spiro atoms. The van der Waals surface area contributed by atoms with E-state index in [1.807, 2.05) is 66.7 Å². The van der Waals surface area contributed by atoms with E-state index >= 15 is 0 Å². The van der Waals surface area contributed by atoms with Crippen LogP contribution in [0.2, 0.25) is 0 Å². The van der Waals surface area contributed by atoms with Crippen LogP contribution >= 0.6 is 0 Å². The van der Waals surface area contributed by atoms with Crippen LogP contribution in [0, 0.1) is 11.8 Å². The lowest BCUT2D eigenvalue weighted by atomic mass is 9.47. The topological polar surface area (TPSA) is 97.3 Å². The first-order valence-electron chi connectivity index (χ1n) is 12.7. The molecule has 2 heterocycles. The summed E-state index contributed by atoms with van der Waals surface area (Å²) in [6.45, 7) is 2.18. The lowest BCUT2D eigenvalue weighted by Gasteiger charge is -2.52. The molecule has 0 radical (unpaired) electrons. The predicted octanol–water partition coefficient (Wildman–Crippen LogP) is 3.10. The largest absolute Gasteiger partial charge is 0.340 e. The number of hydrazone groups is 1. The molecule has 3 amide bonds. The van der Waals surface area contributed by atoms with Crippen molar-refractivity contribution in [1.29, 1.82) is 0 Å². The Hall–Kier alpha value is -4.14. The summed E-state index contributed by atoms with van der Waals surface area (Å²) < 4.78 is 10.9. The van der Waals surface area contributed by atoms with Crippen LogP contribution in [0.3, 0.4) is 0 Å². The van der Waals surface area contributed by atoms with Gasteiger partial charge >= 0.3 is 0 Å². The molecule has 5 aliphatic rings. The molecule has 0 aromatic heterocycles. The molecule has 8 rings (SSSR count). The number of benzene rings is 3. The average molecular weight is 508 g/mol. The lowest BCUT2D eigenvalue weighted by Crippen LogP contribution is -2.55. The number of carbonyl (C=O) groups is 3. The van der Waals surface area contributed by atoms with E-state index in [2.05, 4.69) is 10.5 Å². The summed E-state index contributed by atoms with van der Waals surface area (Å²) in [7, 11) is 0. The van der Waals surface area contributed by atoms with E-state index in [9.17, 15) is 14.4 Å². The lowest BCUT2D eigenvalue weighted by molar-refractivity contribution is -0.176. The van der Waals surface area contributed by atoms with Gasteiger partial charge in [-0.05, 0) is 41.3 Å². The summed E-state index contributed by atoms with van der Waals surface area (Å²) in [6.07, 6.45) is 1.63. The second-order valence-corrected chi connectivity index (χ2v) is 10.2. The van der Waals surface area contributed by atoms with Crippen LogP contribution < -0.4 is 10.3 Å². The molecule has 190 valence electrons. The molecule has 3 aromatic carbocycles. The van der Waals surface area contributed by atoms with Crippen LogP contribution in [0.15, 0.2) is 84.0 Å². The Balaban J connectivity index is 1.41. The van der Waals surface area contributed by atoms with Gasteiger partial charge in [0.15, 0.2) is 0 Å². The number of anilines is 1. The minimum absolute atomic E-state index is 0.220. The van der Waals surface area contributed by atoms with Gasteiger partial charge in [-0.2, -0.15) is 5.10 Å². The molecular formula is C30H25N3O5. The molecule has 8 nitrogen and oxygen atoms in total. The smallest absolute Gasteiger partial charge is 0.300 e. The number of carbonyl (C=O) groups excluding carboxylic acids is 3. The van der Waals surface area contributed by atoms with E-state index in [-0.39, 0.29) is 17.7 Å². The van der Waals surface area contributed by atoms with Gasteiger partial charge in [-0.25, -0.2) is 10.3 Å². The Kier molecular flexibility index (Phi) is 4.95. The van der Waals surface area contributed by atoms with Gasteiger partial charge in [0.25, 0.3) is 5.91 Å². The third-order valence-electron chi connectivity index (χ3n) is 8.38. The summed E-state index contributed by atoms with van der Waals surface area (Å²) in [5.74, 6) is -4.05. The fourth-order valence-electron chi connectivity index (χ4n) is 6.82. The van der Waals surface area contributed by atoms with Gasteiger partial charge in [0.1, 0.15) is 0 Å². The third-order valence-corrected chi connectivity index (χ3v) is 8.38. The molecule has 38 heavy (non-hydrogen) atoms. The van der Waals surface area contributed by atoms with Gasteiger partial charge in [0, 0.05) is 12.1 Å². The van der Waals surface area contributed by atoms with Crippen molar-refractivity contribution in [3.05, 3.63) is 101 Å². The first kappa shape index (κ1) is 23.0. The van der Waals surface area contributed by atoms with E-state index in [4.69, 9.17) is 9.47 Å². The molecule has 3 aromatic rings. The zero-order valence-corrected chi connectivity index (χ0v) is 20.7. The number of nitrogens with one attached hydrogen (secondary N) is 1. The zero-order valence-electron chi connectivity index (χ0n) is 20.7. The highest BCUT2D eigenvalue weighted by atomic mass is 16.7. The number of nitrogens with zero attached hydrogens (tertiary/aromatic N) is 2. The standard InChI is InChI=1S/C30H25N3O5/c1-29(37-15-16-38-29)28(36)32-31-17-30-21-13-7-5-11-19(21)23(20-12-6-8-14-22(20)30)24-25(30)27(35)33(26(24)34)18-9-3-2-4-10-18/h2-14,17,23-25H,15-16H2,1H3,(H,32,36)/b31-17-/t23?,24-,25-,30?/m0/s1. The quantitative estimate of drug-likeness (QED) is 0.333. The Morgan fingerprint density at radius 3 is 2.11 bits per heavy atom. The van der Waals surface area contributed by atoms with Crippen LogP contribution in [0.1, 0.15) is 35.1 Å². The van der Waals surface area contributed by atoms with Gasteiger partial charge in [-0.1, -0.05) is 66.7 Å². The summed E-state index contributed by atoms with van der Waals surface area (Å²) >= 11 is 0. The minimum Gasteiger partial charge on any atom is -0.340 e. The molecule has 3 aliphatic carbocycles. The Labute approximate surface area is 219 Å². The molecule has 2 atom stereocenters. The van der Waals surface area contributed by atoms with E-state index in [0.29, 0.717) is 18.9 Å². The second kappa shape index (κ2) is 8.18. The average Bonchev–Trinajstić information content (AvgIpc) is 3.51. The van der Waals surface area contributed by atoms with Crippen LogP contribution in [-0.4, -0.2) is 42.9 Å². The van der Waals surface area contributed by atoms with Crippen molar-refractivity contribution in [2.75, 3.05) is 18.1 Å². The van der Waals surface area contributed by atoms with Crippen molar-refractivity contribution in [2.24, 2.45) is 16.9 Å². The molecule has 2 aliphatic heterocycles. The molecule has 2 fully saturated rings. The molecule has 0 unspecified atom stereocenters. The van der Waals surface area contributed by atoms with Gasteiger partial charge in [-0.15, -0.1) is 0 Å². The van der Waals surface area contributed by atoms with Crippen molar-refractivity contribution in [3.8, 4) is 0 Å². The number of ether oxygens (including phenoxy) is 2. The van der Waals surface area contributed by atoms with Crippen molar-refractivity contribution in [1.82, 2.24) is 5.43 Å². The number of hydrogen-bond acceptors (Lipinski definition) is 6. The Bertz CT molecular complexity index is 1460. The van der Waals surface area contributed by atoms with E-state index in [1.165, 1.54) is 4.90 Å². The van der Waals surface area contributed by atoms with Crippen LogP contribution in [0.4, 0.5) is 5.69 Å². The highest BCUT2D eigenvalue weighted by Crippen LogP contribution is 2.63. The van der Waals surface area contributed by atoms with Crippen LogP contribution in [0.25, 0.3) is 0 Å². The summed E-state index contributed by atoms with van der Waals surface area (Å²) in [5.41, 5.74) is 5.88. The number of para-hydroxylation sites is 1. The number of amides is 3. The maximum absolute atomic E-state index is 14.2. The highest BCUT2D eigenvalue weighted by Gasteiger charge is 2.68.